The van der Waals surface area contributed by atoms with Crippen molar-refractivity contribution in [2.24, 2.45) is 0 Å². The largest absolute Gasteiger partial charge is 0.416 e. The van der Waals surface area contributed by atoms with Crippen LogP contribution in [0, 0.1) is 0 Å². The molecule has 0 unspecified atom stereocenters. The molecule has 4 nitrogen and oxygen atoms in total. The van der Waals surface area contributed by atoms with E-state index >= 15 is 0 Å². The quantitative estimate of drug-likeness (QED) is 0.681. The summed E-state index contributed by atoms with van der Waals surface area (Å²) in [6.07, 6.45) is -6.74. The zero-order valence-electron chi connectivity index (χ0n) is 13.4. The van der Waals surface area contributed by atoms with Crippen molar-refractivity contribution >= 4 is 11.6 Å². The van der Waals surface area contributed by atoms with Gasteiger partial charge in [0.1, 0.15) is 5.65 Å². The lowest BCUT2D eigenvalue weighted by Crippen LogP contribution is -2.24. The minimum absolute atomic E-state index is 0.0289. The minimum Gasteiger partial charge on any atom is -0.346 e. The zero-order chi connectivity index (χ0) is 19.8. The fourth-order valence-corrected chi connectivity index (χ4v) is 2.43. The Morgan fingerprint density at radius 1 is 1.00 bits per heavy atom. The van der Waals surface area contributed by atoms with Crippen molar-refractivity contribution in [1.82, 2.24) is 14.7 Å². The molecule has 0 spiro atoms. The Balaban J connectivity index is 1.84. The fraction of sp³-hybridized carbons (Fsp3) is 0.176. The van der Waals surface area contributed by atoms with E-state index in [0.717, 1.165) is 0 Å². The van der Waals surface area contributed by atoms with Crippen molar-refractivity contribution in [2.45, 2.75) is 18.9 Å². The third-order valence-corrected chi connectivity index (χ3v) is 3.69. The Labute approximate surface area is 148 Å². The third-order valence-electron chi connectivity index (χ3n) is 3.69. The number of alkyl halides is 6. The number of halogens is 6. The smallest absolute Gasteiger partial charge is 0.346 e. The maximum Gasteiger partial charge on any atom is 0.416 e. The number of aromatic nitrogens is 2. The predicted octanol–water partition coefficient (Wildman–Crippen LogP) is 4.30. The molecule has 2 heterocycles. The summed E-state index contributed by atoms with van der Waals surface area (Å²) in [7, 11) is 0. The van der Waals surface area contributed by atoms with Gasteiger partial charge in [-0.2, -0.15) is 26.3 Å². The first-order valence-electron chi connectivity index (χ1n) is 7.54. The van der Waals surface area contributed by atoms with Crippen LogP contribution in [0.15, 0.2) is 48.8 Å². The molecule has 0 saturated carbocycles. The van der Waals surface area contributed by atoms with Crippen LogP contribution in [0.1, 0.15) is 27.2 Å². The van der Waals surface area contributed by atoms with Crippen LogP contribution in [-0.4, -0.2) is 15.3 Å². The van der Waals surface area contributed by atoms with E-state index in [2.05, 4.69) is 10.3 Å². The highest BCUT2D eigenvalue weighted by atomic mass is 19.4. The van der Waals surface area contributed by atoms with Crippen LogP contribution < -0.4 is 5.32 Å². The Morgan fingerprint density at radius 2 is 1.63 bits per heavy atom. The number of nitrogens with zero attached hydrogens (tertiary/aromatic N) is 2. The van der Waals surface area contributed by atoms with Gasteiger partial charge in [0.25, 0.3) is 5.91 Å². The number of hydrogen-bond donors (Lipinski definition) is 1. The van der Waals surface area contributed by atoms with Crippen molar-refractivity contribution in [3.63, 3.8) is 0 Å². The Kier molecular flexibility index (Phi) is 4.58. The number of imidazole rings is 1. The molecule has 0 aliphatic heterocycles. The first-order valence-corrected chi connectivity index (χ1v) is 7.54. The fourth-order valence-electron chi connectivity index (χ4n) is 2.43. The molecule has 0 bridgehead atoms. The van der Waals surface area contributed by atoms with Gasteiger partial charge in [0.05, 0.1) is 23.4 Å². The summed E-state index contributed by atoms with van der Waals surface area (Å²) < 4.78 is 78.8. The van der Waals surface area contributed by atoms with Crippen molar-refractivity contribution in [1.29, 1.82) is 0 Å². The lowest BCUT2D eigenvalue weighted by Gasteiger charge is -2.14. The second-order valence-electron chi connectivity index (χ2n) is 5.68. The Morgan fingerprint density at radius 3 is 2.19 bits per heavy atom. The van der Waals surface area contributed by atoms with Gasteiger partial charge in [-0.05, 0) is 30.3 Å². The van der Waals surface area contributed by atoms with Gasteiger partial charge in [-0.25, -0.2) is 4.98 Å². The Hall–Kier alpha value is -3.04. The van der Waals surface area contributed by atoms with Gasteiger partial charge >= 0.3 is 12.4 Å². The Bertz CT molecular complexity index is 925. The molecule has 0 aliphatic rings. The molecule has 3 aromatic rings. The van der Waals surface area contributed by atoms with Crippen molar-refractivity contribution in [3.05, 3.63) is 71.2 Å². The second-order valence-corrected chi connectivity index (χ2v) is 5.68. The molecule has 0 fully saturated rings. The summed E-state index contributed by atoms with van der Waals surface area (Å²) in [5, 5.41) is 2.28. The maximum absolute atomic E-state index is 12.9. The number of pyridine rings is 1. The van der Waals surface area contributed by atoms with Crippen LogP contribution in [0.4, 0.5) is 26.3 Å². The standard InChI is InChI=1S/C17H11F6N3O/c18-16(19,20)11-5-10(6-12(7-11)17(21,22)23)15(27)24-8-13-9-26-4-2-1-3-14(26)25-13/h1-7,9H,8H2,(H,24,27). The van der Waals surface area contributed by atoms with Crippen molar-refractivity contribution in [3.8, 4) is 0 Å². The van der Waals surface area contributed by atoms with Gasteiger partial charge in [-0.15, -0.1) is 0 Å². The van der Waals surface area contributed by atoms with Gasteiger partial charge in [-0.1, -0.05) is 6.07 Å². The third kappa shape index (κ3) is 4.21. The van der Waals surface area contributed by atoms with Crippen LogP contribution >= 0.6 is 0 Å². The first-order chi connectivity index (χ1) is 12.5. The molecule has 142 valence electrons. The molecule has 0 saturated heterocycles. The monoisotopic (exact) mass is 387 g/mol. The van der Waals surface area contributed by atoms with Gasteiger partial charge in [0.2, 0.25) is 0 Å². The molecular formula is C17H11F6N3O. The van der Waals surface area contributed by atoms with Crippen LogP contribution in [0.3, 0.4) is 0 Å². The van der Waals surface area contributed by atoms with Gasteiger partial charge in [0.15, 0.2) is 0 Å². The van der Waals surface area contributed by atoms with E-state index in [1.807, 2.05) is 0 Å². The maximum atomic E-state index is 12.9. The van der Waals surface area contributed by atoms with Crippen LogP contribution in [0.2, 0.25) is 0 Å². The second kappa shape index (κ2) is 6.60. The molecule has 0 atom stereocenters. The van der Waals surface area contributed by atoms with E-state index in [1.54, 1.807) is 35.0 Å². The highest BCUT2D eigenvalue weighted by molar-refractivity contribution is 5.94. The number of hydrogen-bond acceptors (Lipinski definition) is 2. The number of fused-ring (bicyclic) bond motifs is 1. The average molecular weight is 387 g/mol. The predicted molar refractivity (Wildman–Crippen MR) is 82.8 cm³/mol. The molecule has 27 heavy (non-hydrogen) atoms. The van der Waals surface area contributed by atoms with E-state index in [9.17, 15) is 31.1 Å². The highest BCUT2D eigenvalue weighted by Gasteiger charge is 2.37. The van der Waals surface area contributed by atoms with E-state index in [0.29, 0.717) is 23.5 Å². The van der Waals surface area contributed by atoms with Crippen LogP contribution in [0.5, 0.6) is 0 Å². The summed E-state index contributed by atoms with van der Waals surface area (Å²) in [5.74, 6) is -1.07. The summed E-state index contributed by atoms with van der Waals surface area (Å²) in [4.78, 5) is 16.3. The molecular weight excluding hydrogens is 376 g/mol. The molecule has 0 aliphatic carbocycles. The van der Waals surface area contributed by atoms with Crippen LogP contribution in [-0.2, 0) is 18.9 Å². The molecule has 2 aromatic heterocycles. The summed E-state index contributed by atoms with van der Waals surface area (Å²) in [6, 6.07) is 5.93. The van der Waals surface area contributed by atoms with E-state index in [4.69, 9.17) is 0 Å². The number of nitrogens with one attached hydrogen (secondary N) is 1. The summed E-state index contributed by atoms with van der Waals surface area (Å²) >= 11 is 0. The van der Waals surface area contributed by atoms with Crippen molar-refractivity contribution < 1.29 is 31.1 Å². The molecule has 1 amide bonds. The molecule has 10 heteroatoms. The number of amides is 1. The summed E-state index contributed by atoms with van der Waals surface area (Å²) in [5.41, 5.74) is -2.84. The number of carbonyl (C=O) groups is 1. The minimum atomic E-state index is -5.02. The number of benzene rings is 1. The highest BCUT2D eigenvalue weighted by Crippen LogP contribution is 2.36. The van der Waals surface area contributed by atoms with E-state index in [1.165, 1.54) is 0 Å². The lowest BCUT2D eigenvalue weighted by atomic mass is 10.0. The average Bonchev–Trinajstić information content (AvgIpc) is 3.00. The SMILES string of the molecule is O=C(NCc1cn2ccccc2n1)c1cc(C(F)(F)F)cc(C(F)(F)F)c1. The van der Waals surface area contributed by atoms with Crippen LogP contribution in [0.25, 0.3) is 5.65 Å². The van der Waals surface area contributed by atoms with Gasteiger partial charge in [0, 0.05) is 18.0 Å². The van der Waals surface area contributed by atoms with Gasteiger partial charge in [-0.3, -0.25) is 4.79 Å². The zero-order valence-corrected chi connectivity index (χ0v) is 13.4. The lowest BCUT2D eigenvalue weighted by molar-refractivity contribution is -0.143. The summed E-state index contributed by atoms with van der Waals surface area (Å²) in [6.45, 7) is -0.155. The molecule has 1 N–H and O–H groups in total. The number of carbonyl (C=O) groups excluding carboxylic acids is 1. The molecule has 0 radical (unpaired) electrons. The van der Waals surface area contributed by atoms with Gasteiger partial charge < -0.3 is 9.72 Å². The van der Waals surface area contributed by atoms with E-state index in [-0.39, 0.29) is 12.6 Å². The van der Waals surface area contributed by atoms with E-state index < -0.39 is 35.0 Å². The van der Waals surface area contributed by atoms with Crippen molar-refractivity contribution in [2.75, 3.05) is 0 Å². The molecule has 1 aromatic carbocycles. The number of rotatable bonds is 3. The normalized spacial score (nSPS) is 12.4. The first kappa shape index (κ1) is 18.7. The topological polar surface area (TPSA) is 46.4 Å². The molecule has 3 rings (SSSR count).